The second-order valence-electron chi connectivity index (χ2n) is 6.43. The first-order chi connectivity index (χ1) is 12.3. The maximum atomic E-state index is 12.6. The second kappa shape index (κ2) is 10.2. The lowest BCUT2D eigenvalue weighted by Gasteiger charge is -2.27. The maximum Gasteiger partial charge on any atom is 0.341 e. The number of rotatable bonds is 10. The van der Waals surface area contributed by atoms with Crippen LogP contribution in [0.4, 0.5) is 5.69 Å². The number of carbonyl (C=O) groups excluding carboxylic acids is 2. The largest absolute Gasteiger partial charge is 0.490 e. The van der Waals surface area contributed by atoms with Crippen LogP contribution in [0.1, 0.15) is 64.2 Å². The molecule has 1 rings (SSSR count). The van der Waals surface area contributed by atoms with E-state index in [2.05, 4.69) is 5.32 Å². The summed E-state index contributed by atoms with van der Waals surface area (Å²) in [7, 11) is 1.31. The summed E-state index contributed by atoms with van der Waals surface area (Å²) in [6.07, 6.45) is 2.14. The van der Waals surface area contributed by atoms with E-state index in [1.54, 1.807) is 25.1 Å². The van der Waals surface area contributed by atoms with Crippen LogP contribution in [-0.4, -0.2) is 37.3 Å². The zero-order chi connectivity index (χ0) is 19.7. The number of amides is 1. The molecule has 0 saturated carbocycles. The van der Waals surface area contributed by atoms with Gasteiger partial charge in [-0.25, -0.2) is 4.79 Å². The minimum atomic E-state index is -0.923. The van der Waals surface area contributed by atoms with Gasteiger partial charge in [-0.05, 0) is 51.3 Å². The van der Waals surface area contributed by atoms with Crippen molar-refractivity contribution in [2.75, 3.05) is 19.0 Å². The van der Waals surface area contributed by atoms with Gasteiger partial charge in [-0.3, -0.25) is 4.79 Å². The van der Waals surface area contributed by atoms with Crippen molar-refractivity contribution in [3.05, 3.63) is 23.8 Å². The fraction of sp³-hybridized carbons (Fsp3) is 0.600. The molecular weight excluding hydrogens is 334 g/mol. The molecule has 0 spiro atoms. The van der Waals surface area contributed by atoms with Gasteiger partial charge in [-0.15, -0.1) is 0 Å². The topological polar surface area (TPSA) is 73.9 Å². The molecule has 0 bridgehead atoms. The van der Waals surface area contributed by atoms with Gasteiger partial charge in [0.05, 0.1) is 13.2 Å². The third-order valence-corrected chi connectivity index (χ3v) is 4.33. The molecule has 0 aliphatic rings. The van der Waals surface area contributed by atoms with Gasteiger partial charge < -0.3 is 19.5 Å². The van der Waals surface area contributed by atoms with Crippen molar-refractivity contribution >= 4 is 17.6 Å². The van der Waals surface area contributed by atoms with Gasteiger partial charge in [0, 0.05) is 12.3 Å². The number of carbonyl (C=O) groups is 2. The second-order valence-corrected chi connectivity index (χ2v) is 6.43. The number of hydrogen-bond acceptors (Lipinski definition) is 5. The number of benzene rings is 1. The zero-order valence-electron chi connectivity index (χ0n) is 16.7. The summed E-state index contributed by atoms with van der Waals surface area (Å²) in [6.45, 7) is 10.1. The Morgan fingerprint density at radius 3 is 2.46 bits per heavy atom. The third-order valence-electron chi connectivity index (χ3n) is 4.33. The minimum Gasteiger partial charge on any atom is -0.490 e. The van der Waals surface area contributed by atoms with E-state index in [1.807, 2.05) is 27.7 Å². The van der Waals surface area contributed by atoms with Crippen LogP contribution in [0.15, 0.2) is 18.2 Å². The van der Waals surface area contributed by atoms with Gasteiger partial charge in [0.25, 0.3) is 5.91 Å². The van der Waals surface area contributed by atoms with Crippen molar-refractivity contribution in [1.29, 1.82) is 0 Å². The lowest BCUT2D eigenvalue weighted by Crippen LogP contribution is -2.42. The molecular formula is C20H31NO5. The van der Waals surface area contributed by atoms with Gasteiger partial charge in [-0.2, -0.15) is 0 Å². The molecule has 1 amide bonds. The molecule has 6 nitrogen and oxygen atoms in total. The van der Waals surface area contributed by atoms with Gasteiger partial charge in [0.2, 0.25) is 0 Å². The summed E-state index contributed by atoms with van der Waals surface area (Å²) in [5.74, 6) is -0.329. The van der Waals surface area contributed by atoms with E-state index >= 15 is 0 Å². The summed E-state index contributed by atoms with van der Waals surface area (Å²) in [6, 6.07) is 4.94. The number of esters is 1. The highest BCUT2D eigenvalue weighted by Crippen LogP contribution is 2.26. The molecule has 0 heterocycles. The third kappa shape index (κ3) is 5.73. The minimum absolute atomic E-state index is 0.0373. The Kier molecular flexibility index (Phi) is 8.58. The smallest absolute Gasteiger partial charge is 0.341 e. The SMILES string of the molecule is CCCO[C@](C)(CC)C(=O)Nc1ccc(O[C@@H](C)CC)c(C(=O)OC)c1. The Labute approximate surface area is 156 Å². The van der Waals surface area contributed by atoms with E-state index in [1.165, 1.54) is 7.11 Å². The van der Waals surface area contributed by atoms with E-state index in [-0.39, 0.29) is 17.6 Å². The van der Waals surface area contributed by atoms with Gasteiger partial charge in [-0.1, -0.05) is 20.8 Å². The van der Waals surface area contributed by atoms with Crippen LogP contribution < -0.4 is 10.1 Å². The molecule has 6 heteroatoms. The van der Waals surface area contributed by atoms with Crippen LogP contribution in [-0.2, 0) is 14.3 Å². The Balaban J connectivity index is 3.06. The van der Waals surface area contributed by atoms with E-state index in [0.29, 0.717) is 24.5 Å². The monoisotopic (exact) mass is 365 g/mol. The lowest BCUT2D eigenvalue weighted by molar-refractivity contribution is -0.139. The summed E-state index contributed by atoms with van der Waals surface area (Å²) in [5, 5.41) is 2.83. The van der Waals surface area contributed by atoms with Crippen LogP contribution >= 0.6 is 0 Å². The first-order valence-corrected chi connectivity index (χ1v) is 9.15. The molecule has 0 radical (unpaired) electrons. The van der Waals surface area contributed by atoms with E-state index < -0.39 is 11.6 Å². The zero-order valence-corrected chi connectivity index (χ0v) is 16.7. The van der Waals surface area contributed by atoms with Crippen molar-refractivity contribution < 1.29 is 23.8 Å². The number of ether oxygens (including phenoxy) is 3. The van der Waals surface area contributed by atoms with Crippen molar-refractivity contribution in [2.45, 2.75) is 65.6 Å². The van der Waals surface area contributed by atoms with Gasteiger partial charge in [0.15, 0.2) is 0 Å². The maximum absolute atomic E-state index is 12.6. The molecule has 1 N–H and O–H groups in total. The van der Waals surface area contributed by atoms with Gasteiger partial charge >= 0.3 is 5.97 Å². The predicted molar refractivity (Wildman–Crippen MR) is 102 cm³/mol. The summed E-state index contributed by atoms with van der Waals surface area (Å²) in [4.78, 5) is 24.7. The van der Waals surface area contributed by atoms with E-state index in [4.69, 9.17) is 14.2 Å². The predicted octanol–water partition coefficient (Wildman–Crippen LogP) is 4.18. The Morgan fingerprint density at radius 1 is 1.23 bits per heavy atom. The van der Waals surface area contributed by atoms with E-state index in [9.17, 15) is 9.59 Å². The fourth-order valence-corrected chi connectivity index (χ4v) is 2.20. The summed E-state index contributed by atoms with van der Waals surface area (Å²) < 4.78 is 16.3. The molecule has 0 aromatic heterocycles. The van der Waals surface area contributed by atoms with Gasteiger partial charge in [0.1, 0.15) is 16.9 Å². The van der Waals surface area contributed by atoms with Crippen molar-refractivity contribution in [3.63, 3.8) is 0 Å². The molecule has 0 aliphatic heterocycles. The Hall–Kier alpha value is -2.08. The van der Waals surface area contributed by atoms with Crippen molar-refractivity contribution in [3.8, 4) is 5.75 Å². The quantitative estimate of drug-likeness (QED) is 0.630. The highest BCUT2D eigenvalue weighted by molar-refractivity contribution is 5.99. The average molecular weight is 365 g/mol. The standard InChI is InChI=1S/C20H31NO5/c1-7-12-25-20(5,9-3)19(23)21-15-10-11-17(26-14(4)8-2)16(13-15)18(22)24-6/h10-11,13-14H,7-9,12H2,1-6H3,(H,21,23)/t14-,20+/m0/s1. The van der Waals surface area contributed by atoms with Crippen molar-refractivity contribution in [1.82, 2.24) is 0 Å². The number of hydrogen-bond donors (Lipinski definition) is 1. The summed E-state index contributed by atoms with van der Waals surface area (Å²) >= 11 is 0. The van der Waals surface area contributed by atoms with Crippen LogP contribution in [0.2, 0.25) is 0 Å². The first kappa shape index (κ1) is 22.0. The fourth-order valence-electron chi connectivity index (χ4n) is 2.20. The lowest BCUT2D eigenvalue weighted by atomic mass is 10.0. The molecule has 0 aliphatic carbocycles. The highest BCUT2D eigenvalue weighted by atomic mass is 16.5. The molecule has 1 aromatic carbocycles. The number of anilines is 1. The molecule has 0 fully saturated rings. The molecule has 0 saturated heterocycles. The molecule has 2 atom stereocenters. The van der Waals surface area contributed by atoms with Crippen LogP contribution in [0.25, 0.3) is 0 Å². The number of nitrogens with one attached hydrogen (secondary N) is 1. The van der Waals surface area contributed by atoms with Crippen LogP contribution in [0.5, 0.6) is 5.75 Å². The average Bonchev–Trinajstić information content (AvgIpc) is 2.66. The first-order valence-electron chi connectivity index (χ1n) is 9.15. The Morgan fingerprint density at radius 2 is 1.92 bits per heavy atom. The number of methoxy groups -OCH3 is 1. The van der Waals surface area contributed by atoms with Crippen molar-refractivity contribution in [2.24, 2.45) is 0 Å². The molecule has 146 valence electrons. The molecule has 1 aromatic rings. The molecule has 0 unspecified atom stereocenters. The van der Waals surface area contributed by atoms with Crippen LogP contribution in [0.3, 0.4) is 0 Å². The Bertz CT molecular complexity index is 616. The highest BCUT2D eigenvalue weighted by Gasteiger charge is 2.32. The normalized spacial score (nSPS) is 14.2. The molecule has 26 heavy (non-hydrogen) atoms. The van der Waals surface area contributed by atoms with Crippen LogP contribution in [0, 0.1) is 0 Å². The summed E-state index contributed by atoms with van der Waals surface area (Å²) in [5.41, 5.74) is -0.155. The van der Waals surface area contributed by atoms with E-state index in [0.717, 1.165) is 12.8 Å².